The monoisotopic (exact) mass is 260 g/mol. The predicted octanol–water partition coefficient (Wildman–Crippen LogP) is 2.88. The number of oxazole rings is 1. The normalized spacial score (nSPS) is 10.7. The maximum absolute atomic E-state index is 5.77. The average Bonchev–Trinajstić information content (AvgIpc) is 2.84. The molecular weight excluding hydrogens is 252 g/mol. The lowest BCUT2D eigenvalue weighted by atomic mass is 10.3. The number of anilines is 1. The zero-order valence-corrected chi connectivity index (χ0v) is 10.1. The lowest BCUT2D eigenvalue weighted by Gasteiger charge is -2.05. The molecule has 3 rings (SSSR count). The van der Waals surface area contributed by atoms with E-state index in [1.54, 1.807) is 6.20 Å². The molecular formula is C12H9ClN4O. The van der Waals surface area contributed by atoms with Crippen LogP contribution in [0.2, 0.25) is 5.15 Å². The van der Waals surface area contributed by atoms with Gasteiger partial charge in [-0.3, -0.25) is 4.98 Å². The molecule has 2 heterocycles. The molecule has 1 aromatic carbocycles. The van der Waals surface area contributed by atoms with Gasteiger partial charge in [-0.25, -0.2) is 9.97 Å². The van der Waals surface area contributed by atoms with Crippen LogP contribution in [0.25, 0.3) is 11.1 Å². The zero-order valence-electron chi connectivity index (χ0n) is 9.30. The van der Waals surface area contributed by atoms with Crippen LogP contribution in [0.5, 0.6) is 0 Å². The van der Waals surface area contributed by atoms with Gasteiger partial charge in [0, 0.05) is 11.8 Å². The fourth-order valence-corrected chi connectivity index (χ4v) is 1.79. The molecule has 1 N–H and O–H groups in total. The summed E-state index contributed by atoms with van der Waals surface area (Å²) in [4.78, 5) is 12.2. The van der Waals surface area contributed by atoms with Crippen molar-refractivity contribution in [2.24, 2.45) is 0 Å². The highest BCUT2D eigenvalue weighted by Crippen LogP contribution is 2.18. The van der Waals surface area contributed by atoms with E-state index in [2.05, 4.69) is 20.3 Å². The number of nitrogens with zero attached hydrogens (tertiary/aromatic N) is 3. The molecule has 0 unspecified atom stereocenters. The predicted molar refractivity (Wildman–Crippen MR) is 68.4 cm³/mol. The summed E-state index contributed by atoms with van der Waals surface area (Å²) in [5.41, 5.74) is 3.29. The summed E-state index contributed by atoms with van der Waals surface area (Å²) in [6, 6.07) is 5.72. The SMILES string of the molecule is Clc1cncc(CNc2ccc3ncoc3c2)n1. The van der Waals surface area contributed by atoms with Crippen molar-refractivity contribution in [2.45, 2.75) is 6.54 Å². The highest BCUT2D eigenvalue weighted by molar-refractivity contribution is 6.29. The first-order chi connectivity index (χ1) is 8.81. The number of hydrogen-bond acceptors (Lipinski definition) is 5. The second-order valence-electron chi connectivity index (χ2n) is 3.72. The molecule has 2 aromatic heterocycles. The van der Waals surface area contributed by atoms with E-state index in [-0.39, 0.29) is 0 Å². The van der Waals surface area contributed by atoms with E-state index in [9.17, 15) is 0 Å². The first-order valence-electron chi connectivity index (χ1n) is 5.35. The topological polar surface area (TPSA) is 63.8 Å². The van der Waals surface area contributed by atoms with E-state index in [4.69, 9.17) is 16.0 Å². The fraction of sp³-hybridized carbons (Fsp3) is 0.0833. The van der Waals surface area contributed by atoms with Gasteiger partial charge in [0.1, 0.15) is 10.7 Å². The van der Waals surface area contributed by atoms with Crippen LogP contribution >= 0.6 is 11.6 Å². The van der Waals surface area contributed by atoms with Crippen molar-refractivity contribution in [3.05, 3.63) is 47.8 Å². The van der Waals surface area contributed by atoms with Crippen LogP contribution < -0.4 is 5.32 Å². The largest absolute Gasteiger partial charge is 0.443 e. The Morgan fingerprint density at radius 1 is 1.28 bits per heavy atom. The Bertz CT molecular complexity index is 682. The van der Waals surface area contributed by atoms with Crippen molar-refractivity contribution < 1.29 is 4.42 Å². The van der Waals surface area contributed by atoms with E-state index in [0.717, 1.165) is 22.5 Å². The molecule has 3 aromatic rings. The molecule has 0 bridgehead atoms. The minimum atomic E-state index is 0.389. The molecule has 0 amide bonds. The Balaban J connectivity index is 1.76. The fourth-order valence-electron chi connectivity index (χ4n) is 1.62. The quantitative estimate of drug-likeness (QED) is 0.784. The highest BCUT2D eigenvalue weighted by atomic mass is 35.5. The first-order valence-corrected chi connectivity index (χ1v) is 5.72. The van der Waals surface area contributed by atoms with Gasteiger partial charge < -0.3 is 9.73 Å². The summed E-state index contributed by atoms with van der Waals surface area (Å²) in [6.07, 6.45) is 4.61. The van der Waals surface area contributed by atoms with Gasteiger partial charge in [0.15, 0.2) is 12.0 Å². The minimum Gasteiger partial charge on any atom is -0.443 e. The molecule has 0 aliphatic heterocycles. The van der Waals surface area contributed by atoms with Crippen molar-refractivity contribution in [1.82, 2.24) is 15.0 Å². The van der Waals surface area contributed by atoms with Crippen molar-refractivity contribution >= 4 is 28.4 Å². The smallest absolute Gasteiger partial charge is 0.181 e. The van der Waals surface area contributed by atoms with E-state index in [0.29, 0.717) is 11.7 Å². The molecule has 0 spiro atoms. The molecule has 90 valence electrons. The van der Waals surface area contributed by atoms with Crippen LogP contribution in [0.3, 0.4) is 0 Å². The van der Waals surface area contributed by atoms with Gasteiger partial charge in [-0.1, -0.05) is 11.6 Å². The number of fused-ring (bicyclic) bond motifs is 1. The molecule has 18 heavy (non-hydrogen) atoms. The highest BCUT2D eigenvalue weighted by Gasteiger charge is 2.01. The second kappa shape index (κ2) is 4.62. The van der Waals surface area contributed by atoms with Gasteiger partial charge in [-0.05, 0) is 12.1 Å². The summed E-state index contributed by atoms with van der Waals surface area (Å²) in [7, 11) is 0. The number of nitrogens with one attached hydrogen (secondary N) is 1. The Kier molecular flexibility index (Phi) is 2.82. The lowest BCUT2D eigenvalue weighted by molar-refractivity contribution is 0.602. The van der Waals surface area contributed by atoms with Crippen molar-refractivity contribution in [3.63, 3.8) is 0 Å². The second-order valence-corrected chi connectivity index (χ2v) is 4.11. The third kappa shape index (κ3) is 2.26. The van der Waals surface area contributed by atoms with Gasteiger partial charge in [-0.2, -0.15) is 0 Å². The Labute approximate surface area is 108 Å². The van der Waals surface area contributed by atoms with Gasteiger partial charge in [0.05, 0.1) is 24.6 Å². The summed E-state index contributed by atoms with van der Waals surface area (Å²) >= 11 is 5.77. The van der Waals surface area contributed by atoms with E-state index < -0.39 is 0 Å². The van der Waals surface area contributed by atoms with Crippen LogP contribution in [-0.4, -0.2) is 15.0 Å². The number of benzene rings is 1. The van der Waals surface area contributed by atoms with Crippen LogP contribution in [0.1, 0.15) is 5.69 Å². The Hall–Kier alpha value is -2.14. The summed E-state index contributed by atoms with van der Waals surface area (Å²) < 4.78 is 5.23. The van der Waals surface area contributed by atoms with E-state index in [1.165, 1.54) is 12.6 Å². The number of aromatic nitrogens is 3. The van der Waals surface area contributed by atoms with Crippen LogP contribution in [0, 0.1) is 0 Å². The molecule has 0 radical (unpaired) electrons. The maximum Gasteiger partial charge on any atom is 0.181 e. The van der Waals surface area contributed by atoms with Gasteiger partial charge in [-0.15, -0.1) is 0 Å². The Morgan fingerprint density at radius 3 is 3.11 bits per heavy atom. The Morgan fingerprint density at radius 2 is 2.22 bits per heavy atom. The summed E-state index contributed by atoms with van der Waals surface area (Å²) in [6.45, 7) is 0.549. The zero-order chi connectivity index (χ0) is 12.4. The molecule has 0 saturated heterocycles. The summed E-state index contributed by atoms with van der Waals surface area (Å²) in [5.74, 6) is 0. The van der Waals surface area contributed by atoms with Crippen molar-refractivity contribution in [2.75, 3.05) is 5.32 Å². The van der Waals surface area contributed by atoms with Gasteiger partial charge in [0.25, 0.3) is 0 Å². The minimum absolute atomic E-state index is 0.389. The number of hydrogen-bond donors (Lipinski definition) is 1. The molecule has 0 aliphatic rings. The molecule has 6 heteroatoms. The standard InChI is InChI=1S/C12H9ClN4O/c13-12-6-14-4-9(17-12)5-15-8-1-2-10-11(3-8)18-7-16-10/h1-4,6-7,15H,5H2. The maximum atomic E-state index is 5.77. The average molecular weight is 261 g/mol. The first kappa shape index (κ1) is 11.0. The number of rotatable bonds is 3. The molecule has 0 aliphatic carbocycles. The third-order valence-corrected chi connectivity index (χ3v) is 2.64. The molecule has 0 saturated carbocycles. The molecule has 0 fully saturated rings. The van der Waals surface area contributed by atoms with Crippen LogP contribution in [-0.2, 0) is 6.54 Å². The summed E-state index contributed by atoms with van der Waals surface area (Å²) in [5, 5.41) is 3.61. The van der Waals surface area contributed by atoms with E-state index >= 15 is 0 Å². The van der Waals surface area contributed by atoms with Crippen molar-refractivity contribution in [3.8, 4) is 0 Å². The lowest BCUT2D eigenvalue weighted by Crippen LogP contribution is -2.02. The molecule has 5 nitrogen and oxygen atoms in total. The van der Waals surface area contributed by atoms with Crippen LogP contribution in [0.15, 0.2) is 41.4 Å². The third-order valence-electron chi connectivity index (χ3n) is 2.46. The van der Waals surface area contributed by atoms with E-state index in [1.807, 2.05) is 18.2 Å². The van der Waals surface area contributed by atoms with Crippen LogP contribution in [0.4, 0.5) is 5.69 Å². The molecule has 0 atom stereocenters. The van der Waals surface area contributed by atoms with Crippen molar-refractivity contribution in [1.29, 1.82) is 0 Å². The number of halogens is 1. The van der Waals surface area contributed by atoms with Gasteiger partial charge in [0.2, 0.25) is 0 Å². The van der Waals surface area contributed by atoms with Gasteiger partial charge >= 0.3 is 0 Å².